The standard InChI is InChI=1S/C15H18N2O4/c1-9(18)14-11-6-5-10(19)7-12(11)17(16-14)8-13(20)21-15(2,3)4/h5-7,19H,8H2,1-4H3. The van der Waals surface area contributed by atoms with E-state index >= 15 is 0 Å². The summed E-state index contributed by atoms with van der Waals surface area (Å²) >= 11 is 0. The Kier molecular flexibility index (Phi) is 3.72. The highest BCUT2D eigenvalue weighted by atomic mass is 16.6. The number of benzene rings is 1. The molecule has 0 amide bonds. The van der Waals surface area contributed by atoms with Gasteiger partial charge in [-0.25, -0.2) is 0 Å². The van der Waals surface area contributed by atoms with Crippen molar-refractivity contribution < 1.29 is 19.4 Å². The smallest absolute Gasteiger partial charge is 0.328 e. The van der Waals surface area contributed by atoms with Crippen molar-refractivity contribution in [3.8, 4) is 5.75 Å². The van der Waals surface area contributed by atoms with Gasteiger partial charge < -0.3 is 9.84 Å². The number of fused-ring (bicyclic) bond motifs is 1. The maximum atomic E-state index is 11.9. The van der Waals surface area contributed by atoms with Gasteiger partial charge in [-0.15, -0.1) is 0 Å². The number of ketones is 1. The average molecular weight is 290 g/mol. The van der Waals surface area contributed by atoms with Crippen LogP contribution in [0.5, 0.6) is 5.75 Å². The molecule has 0 aliphatic rings. The highest BCUT2D eigenvalue weighted by Crippen LogP contribution is 2.24. The van der Waals surface area contributed by atoms with E-state index in [4.69, 9.17) is 4.74 Å². The molecule has 21 heavy (non-hydrogen) atoms. The number of Topliss-reactive ketones (excluding diaryl/α,β-unsaturated/α-hetero) is 1. The Bertz CT molecular complexity index is 710. The van der Waals surface area contributed by atoms with Gasteiger partial charge in [0.2, 0.25) is 0 Å². The lowest BCUT2D eigenvalue weighted by Gasteiger charge is -2.19. The number of phenols is 1. The first-order valence-corrected chi connectivity index (χ1v) is 6.60. The van der Waals surface area contributed by atoms with Crippen molar-refractivity contribution in [3.63, 3.8) is 0 Å². The molecule has 0 saturated carbocycles. The van der Waals surface area contributed by atoms with Crippen LogP contribution in [0.25, 0.3) is 10.9 Å². The molecule has 2 rings (SSSR count). The van der Waals surface area contributed by atoms with Gasteiger partial charge in [0.1, 0.15) is 23.6 Å². The Morgan fingerprint density at radius 1 is 1.33 bits per heavy atom. The van der Waals surface area contributed by atoms with E-state index in [1.54, 1.807) is 26.8 Å². The Labute approximate surface area is 122 Å². The summed E-state index contributed by atoms with van der Waals surface area (Å²) in [6.07, 6.45) is 0. The number of aromatic hydroxyl groups is 1. The maximum Gasteiger partial charge on any atom is 0.328 e. The molecule has 0 atom stereocenters. The fraction of sp³-hybridized carbons (Fsp3) is 0.400. The van der Waals surface area contributed by atoms with Gasteiger partial charge in [0.05, 0.1) is 5.52 Å². The predicted molar refractivity (Wildman–Crippen MR) is 77.2 cm³/mol. The van der Waals surface area contributed by atoms with E-state index in [-0.39, 0.29) is 23.8 Å². The second-order valence-electron chi connectivity index (χ2n) is 5.85. The SMILES string of the molecule is CC(=O)c1nn(CC(=O)OC(C)(C)C)c2cc(O)ccc12. The number of carbonyl (C=O) groups is 2. The molecule has 0 aliphatic carbocycles. The molecule has 6 heteroatoms. The van der Waals surface area contributed by atoms with Crippen LogP contribution in [0.2, 0.25) is 0 Å². The number of ether oxygens (including phenoxy) is 1. The van der Waals surface area contributed by atoms with Crippen LogP contribution in [0.15, 0.2) is 18.2 Å². The normalized spacial score (nSPS) is 11.6. The second kappa shape index (κ2) is 5.20. The van der Waals surface area contributed by atoms with Gasteiger partial charge in [-0.05, 0) is 32.9 Å². The van der Waals surface area contributed by atoms with E-state index in [0.717, 1.165) is 0 Å². The Balaban J connectivity index is 2.42. The molecule has 0 unspecified atom stereocenters. The third kappa shape index (κ3) is 3.39. The van der Waals surface area contributed by atoms with E-state index in [0.29, 0.717) is 10.9 Å². The molecule has 2 aromatic rings. The van der Waals surface area contributed by atoms with Gasteiger partial charge in [-0.2, -0.15) is 5.10 Å². The van der Waals surface area contributed by atoms with Crippen molar-refractivity contribution in [2.45, 2.75) is 39.8 Å². The van der Waals surface area contributed by atoms with Gasteiger partial charge >= 0.3 is 5.97 Å². The van der Waals surface area contributed by atoms with Crippen LogP contribution in [0.4, 0.5) is 0 Å². The molecule has 1 aromatic heterocycles. The van der Waals surface area contributed by atoms with E-state index in [9.17, 15) is 14.7 Å². The van der Waals surface area contributed by atoms with Crippen LogP contribution in [-0.2, 0) is 16.1 Å². The lowest BCUT2D eigenvalue weighted by Crippen LogP contribution is -2.26. The minimum atomic E-state index is -0.592. The molecule has 112 valence electrons. The van der Waals surface area contributed by atoms with Crippen molar-refractivity contribution in [2.24, 2.45) is 0 Å². The third-order valence-electron chi connectivity index (χ3n) is 2.77. The highest BCUT2D eigenvalue weighted by molar-refractivity contribution is 6.05. The van der Waals surface area contributed by atoms with Crippen LogP contribution in [0.3, 0.4) is 0 Å². The molecule has 1 N–H and O–H groups in total. The zero-order valence-electron chi connectivity index (χ0n) is 12.5. The second-order valence-corrected chi connectivity index (χ2v) is 5.85. The number of rotatable bonds is 3. The quantitative estimate of drug-likeness (QED) is 0.693. The summed E-state index contributed by atoms with van der Waals surface area (Å²) in [5.41, 5.74) is 0.200. The summed E-state index contributed by atoms with van der Waals surface area (Å²) in [6, 6.07) is 4.56. The third-order valence-corrected chi connectivity index (χ3v) is 2.77. The largest absolute Gasteiger partial charge is 0.508 e. The van der Waals surface area contributed by atoms with Crippen molar-refractivity contribution in [1.29, 1.82) is 0 Å². The molecule has 0 aliphatic heterocycles. The van der Waals surface area contributed by atoms with Crippen LogP contribution in [-0.4, -0.2) is 32.2 Å². The molecule has 0 saturated heterocycles. The molecule has 0 fully saturated rings. The molecule has 1 heterocycles. The van der Waals surface area contributed by atoms with E-state index < -0.39 is 11.6 Å². The summed E-state index contributed by atoms with van der Waals surface area (Å²) in [5.74, 6) is -0.609. The summed E-state index contributed by atoms with van der Waals surface area (Å²) in [5, 5.41) is 14.3. The highest BCUT2D eigenvalue weighted by Gasteiger charge is 2.20. The zero-order chi connectivity index (χ0) is 15.8. The van der Waals surface area contributed by atoms with Gasteiger partial charge in [-0.1, -0.05) is 0 Å². The number of aromatic nitrogens is 2. The Morgan fingerprint density at radius 3 is 2.57 bits per heavy atom. The van der Waals surface area contributed by atoms with Crippen molar-refractivity contribution in [1.82, 2.24) is 9.78 Å². The maximum absolute atomic E-state index is 11.9. The van der Waals surface area contributed by atoms with E-state index in [1.807, 2.05) is 0 Å². The molecule has 6 nitrogen and oxygen atoms in total. The van der Waals surface area contributed by atoms with Crippen molar-refractivity contribution in [3.05, 3.63) is 23.9 Å². The summed E-state index contributed by atoms with van der Waals surface area (Å²) in [4.78, 5) is 23.5. The minimum absolute atomic E-state index is 0.0444. The average Bonchev–Trinajstić information content (AvgIpc) is 2.65. The lowest BCUT2D eigenvalue weighted by molar-refractivity contribution is -0.155. The van der Waals surface area contributed by atoms with E-state index in [1.165, 1.54) is 23.7 Å². The summed E-state index contributed by atoms with van der Waals surface area (Å²) < 4.78 is 6.62. The molecule has 0 spiro atoms. The first-order valence-electron chi connectivity index (χ1n) is 6.60. The molecular formula is C15H18N2O4. The minimum Gasteiger partial charge on any atom is -0.508 e. The van der Waals surface area contributed by atoms with Gasteiger partial charge in [0.15, 0.2) is 5.78 Å². The van der Waals surface area contributed by atoms with Gasteiger partial charge in [0.25, 0.3) is 0 Å². The van der Waals surface area contributed by atoms with Crippen LogP contribution < -0.4 is 0 Å². The first kappa shape index (κ1) is 15.0. The molecule has 0 radical (unpaired) electrons. The van der Waals surface area contributed by atoms with Crippen molar-refractivity contribution in [2.75, 3.05) is 0 Å². The van der Waals surface area contributed by atoms with Gasteiger partial charge in [0, 0.05) is 18.4 Å². The number of phenolic OH excluding ortho intramolecular Hbond substituents is 1. The lowest BCUT2D eigenvalue weighted by atomic mass is 10.1. The molecular weight excluding hydrogens is 272 g/mol. The number of carbonyl (C=O) groups excluding carboxylic acids is 2. The number of esters is 1. The van der Waals surface area contributed by atoms with Crippen LogP contribution >= 0.6 is 0 Å². The monoisotopic (exact) mass is 290 g/mol. The van der Waals surface area contributed by atoms with Crippen LogP contribution in [0.1, 0.15) is 38.2 Å². The number of nitrogens with zero attached hydrogens (tertiary/aromatic N) is 2. The van der Waals surface area contributed by atoms with Crippen LogP contribution in [0, 0.1) is 0 Å². The van der Waals surface area contributed by atoms with Crippen molar-refractivity contribution >= 4 is 22.7 Å². The number of hydrogen-bond acceptors (Lipinski definition) is 5. The van der Waals surface area contributed by atoms with E-state index in [2.05, 4.69) is 5.10 Å². The van der Waals surface area contributed by atoms with Gasteiger partial charge in [-0.3, -0.25) is 14.3 Å². The summed E-state index contributed by atoms with van der Waals surface area (Å²) in [7, 11) is 0. The predicted octanol–water partition coefficient (Wildman–Crippen LogP) is 2.29. The Hall–Kier alpha value is -2.37. The first-order chi connectivity index (χ1) is 9.67. The number of hydrogen-bond donors (Lipinski definition) is 1. The zero-order valence-corrected chi connectivity index (χ0v) is 12.5. The Morgan fingerprint density at radius 2 is 2.00 bits per heavy atom. The fourth-order valence-electron chi connectivity index (χ4n) is 2.04. The summed E-state index contributed by atoms with van der Waals surface area (Å²) in [6.45, 7) is 6.62. The topological polar surface area (TPSA) is 81.4 Å². The molecule has 0 bridgehead atoms. The molecule has 1 aromatic carbocycles. The fourth-order valence-corrected chi connectivity index (χ4v) is 2.04.